The van der Waals surface area contributed by atoms with Gasteiger partial charge in [-0.2, -0.15) is 0 Å². The highest BCUT2D eigenvalue weighted by molar-refractivity contribution is 7.18. The van der Waals surface area contributed by atoms with Crippen LogP contribution in [0.2, 0.25) is 5.02 Å². The third kappa shape index (κ3) is 3.22. The Morgan fingerprint density at radius 1 is 1.33 bits per heavy atom. The summed E-state index contributed by atoms with van der Waals surface area (Å²) >= 11 is 7.51. The number of thiophene rings is 1. The van der Waals surface area contributed by atoms with E-state index in [1.54, 1.807) is 6.92 Å². The maximum absolute atomic E-state index is 12.0. The van der Waals surface area contributed by atoms with Crippen molar-refractivity contribution < 1.29 is 9.53 Å². The smallest absolute Gasteiger partial charge is 0.350 e. The van der Waals surface area contributed by atoms with Gasteiger partial charge in [0, 0.05) is 9.90 Å². The monoisotopic (exact) mass is 323 g/mol. The Kier molecular flexibility index (Phi) is 4.91. The van der Waals surface area contributed by atoms with Gasteiger partial charge in [0.1, 0.15) is 4.88 Å². The number of hydrogen-bond acceptors (Lipinski definition) is 4. The first-order chi connectivity index (χ1) is 9.97. The van der Waals surface area contributed by atoms with Crippen LogP contribution in [0.5, 0.6) is 0 Å². The van der Waals surface area contributed by atoms with Crippen molar-refractivity contribution in [1.82, 2.24) is 0 Å². The van der Waals surface area contributed by atoms with Crippen molar-refractivity contribution in [2.24, 2.45) is 0 Å². The van der Waals surface area contributed by atoms with Crippen LogP contribution in [0.1, 0.15) is 34.6 Å². The average Bonchev–Trinajstić information content (AvgIpc) is 2.75. The van der Waals surface area contributed by atoms with Crippen molar-refractivity contribution in [3.8, 4) is 10.4 Å². The molecule has 2 rings (SSSR count). The van der Waals surface area contributed by atoms with Gasteiger partial charge in [-0.25, -0.2) is 4.79 Å². The van der Waals surface area contributed by atoms with Crippen LogP contribution in [-0.2, 0) is 11.2 Å². The number of anilines is 1. The van der Waals surface area contributed by atoms with Gasteiger partial charge in [-0.1, -0.05) is 24.6 Å². The molecule has 0 spiro atoms. The predicted molar refractivity (Wildman–Crippen MR) is 89.2 cm³/mol. The summed E-state index contributed by atoms with van der Waals surface area (Å²) in [5, 5.41) is 0.678. The largest absolute Gasteiger partial charge is 0.462 e. The van der Waals surface area contributed by atoms with Crippen molar-refractivity contribution in [3.05, 3.63) is 39.2 Å². The fourth-order valence-corrected chi connectivity index (χ4v) is 3.76. The molecule has 0 fully saturated rings. The zero-order valence-electron chi connectivity index (χ0n) is 12.3. The summed E-state index contributed by atoms with van der Waals surface area (Å²) in [6.07, 6.45) is 0.753. The van der Waals surface area contributed by atoms with Crippen molar-refractivity contribution >= 4 is 34.6 Å². The summed E-state index contributed by atoms with van der Waals surface area (Å²) in [6, 6.07) is 5.85. The first-order valence-corrected chi connectivity index (χ1v) is 8.03. The van der Waals surface area contributed by atoms with Crippen LogP contribution in [0, 0.1) is 6.92 Å². The molecule has 112 valence electrons. The molecule has 1 aromatic heterocycles. The number of nitrogens with two attached hydrogens (primary N) is 1. The molecule has 0 aliphatic rings. The molecule has 0 aliphatic heterocycles. The lowest BCUT2D eigenvalue weighted by Gasteiger charge is -2.05. The molecule has 0 saturated heterocycles. The van der Waals surface area contributed by atoms with Crippen LogP contribution in [0.15, 0.2) is 18.2 Å². The van der Waals surface area contributed by atoms with Gasteiger partial charge in [-0.15, -0.1) is 11.3 Å². The number of hydrogen-bond donors (Lipinski definition) is 1. The normalized spacial score (nSPS) is 10.7. The lowest BCUT2D eigenvalue weighted by molar-refractivity contribution is 0.0533. The molecule has 0 atom stereocenters. The van der Waals surface area contributed by atoms with Crippen LogP contribution >= 0.6 is 22.9 Å². The third-order valence-corrected chi connectivity index (χ3v) is 4.66. The zero-order valence-corrected chi connectivity index (χ0v) is 13.9. The number of carbonyl (C=O) groups is 1. The molecule has 0 radical (unpaired) electrons. The van der Waals surface area contributed by atoms with Crippen LogP contribution in [0.4, 0.5) is 5.69 Å². The Morgan fingerprint density at radius 2 is 2.05 bits per heavy atom. The Bertz CT molecular complexity index is 659. The SMILES string of the molecule is CCOC(=O)c1sc(-c2cc(C)cc(Cl)c2)c(CC)c1N. The molecule has 5 heteroatoms. The molecular formula is C16H18ClNO2S. The number of ether oxygens (including phenoxy) is 1. The minimum atomic E-state index is -0.361. The second-order valence-corrected chi connectivity index (χ2v) is 6.20. The molecular weight excluding hydrogens is 306 g/mol. The lowest BCUT2D eigenvalue weighted by Crippen LogP contribution is -2.05. The Hall–Kier alpha value is -1.52. The summed E-state index contributed by atoms with van der Waals surface area (Å²) in [5.74, 6) is -0.361. The van der Waals surface area contributed by atoms with E-state index in [2.05, 4.69) is 0 Å². The first-order valence-electron chi connectivity index (χ1n) is 6.83. The van der Waals surface area contributed by atoms with Gasteiger partial charge in [-0.05, 0) is 49.1 Å². The van der Waals surface area contributed by atoms with E-state index in [0.717, 1.165) is 28.0 Å². The highest BCUT2D eigenvalue weighted by Gasteiger charge is 2.22. The van der Waals surface area contributed by atoms with Crippen LogP contribution in [-0.4, -0.2) is 12.6 Å². The third-order valence-electron chi connectivity index (χ3n) is 3.17. The number of carbonyl (C=O) groups excluding carboxylic acids is 1. The van der Waals surface area contributed by atoms with Gasteiger partial charge in [0.05, 0.1) is 12.3 Å². The first kappa shape index (κ1) is 15.9. The highest BCUT2D eigenvalue weighted by Crippen LogP contribution is 2.40. The van der Waals surface area contributed by atoms with Gasteiger partial charge < -0.3 is 10.5 Å². The van der Waals surface area contributed by atoms with E-state index in [1.165, 1.54) is 11.3 Å². The molecule has 2 aromatic rings. The van der Waals surface area contributed by atoms with Crippen LogP contribution in [0.25, 0.3) is 10.4 Å². The Balaban J connectivity index is 2.58. The molecule has 1 aromatic carbocycles. The molecule has 0 saturated carbocycles. The summed E-state index contributed by atoms with van der Waals surface area (Å²) in [4.78, 5) is 13.5. The van der Waals surface area contributed by atoms with E-state index in [1.807, 2.05) is 32.0 Å². The quantitative estimate of drug-likeness (QED) is 0.830. The molecule has 0 amide bonds. The van der Waals surface area contributed by atoms with E-state index < -0.39 is 0 Å². The van der Waals surface area contributed by atoms with E-state index in [0.29, 0.717) is 22.2 Å². The second kappa shape index (κ2) is 6.50. The van der Waals surface area contributed by atoms with E-state index >= 15 is 0 Å². The van der Waals surface area contributed by atoms with E-state index in [4.69, 9.17) is 22.1 Å². The molecule has 0 unspecified atom stereocenters. The van der Waals surface area contributed by atoms with E-state index in [-0.39, 0.29) is 5.97 Å². The minimum Gasteiger partial charge on any atom is -0.462 e. The minimum absolute atomic E-state index is 0.337. The fourth-order valence-electron chi connectivity index (χ4n) is 2.28. The zero-order chi connectivity index (χ0) is 15.6. The van der Waals surface area contributed by atoms with Crippen molar-refractivity contribution in [1.29, 1.82) is 0 Å². The van der Waals surface area contributed by atoms with Crippen LogP contribution < -0.4 is 5.73 Å². The number of halogens is 1. The maximum atomic E-state index is 12.0. The molecule has 2 N–H and O–H groups in total. The maximum Gasteiger partial charge on any atom is 0.350 e. The summed E-state index contributed by atoms with van der Waals surface area (Å²) in [7, 11) is 0. The predicted octanol–water partition coefficient (Wildman–Crippen LogP) is 4.70. The number of rotatable bonds is 4. The summed E-state index contributed by atoms with van der Waals surface area (Å²) in [5.41, 5.74) is 9.70. The van der Waals surface area contributed by atoms with Gasteiger partial charge in [-0.3, -0.25) is 0 Å². The van der Waals surface area contributed by atoms with Gasteiger partial charge in [0.15, 0.2) is 0 Å². The molecule has 0 bridgehead atoms. The molecule has 21 heavy (non-hydrogen) atoms. The number of aryl methyl sites for hydroxylation is 1. The molecule has 1 heterocycles. The van der Waals surface area contributed by atoms with Crippen molar-refractivity contribution in [2.75, 3.05) is 12.3 Å². The number of esters is 1. The second-order valence-electron chi connectivity index (χ2n) is 4.74. The average molecular weight is 324 g/mol. The number of benzene rings is 1. The highest BCUT2D eigenvalue weighted by atomic mass is 35.5. The Morgan fingerprint density at radius 3 is 2.62 bits per heavy atom. The van der Waals surface area contributed by atoms with Gasteiger partial charge in [0.25, 0.3) is 0 Å². The standard InChI is InChI=1S/C16H18ClNO2S/c1-4-12-13(18)15(16(19)20-5-2)21-14(12)10-6-9(3)7-11(17)8-10/h6-8H,4-5,18H2,1-3H3. The summed E-state index contributed by atoms with van der Waals surface area (Å²) < 4.78 is 5.07. The van der Waals surface area contributed by atoms with Gasteiger partial charge >= 0.3 is 5.97 Å². The summed E-state index contributed by atoms with van der Waals surface area (Å²) in [6.45, 7) is 6.13. The topological polar surface area (TPSA) is 52.3 Å². The fraction of sp³-hybridized carbons (Fsp3) is 0.312. The van der Waals surface area contributed by atoms with Crippen LogP contribution in [0.3, 0.4) is 0 Å². The number of nitrogen functional groups attached to an aromatic ring is 1. The van der Waals surface area contributed by atoms with E-state index in [9.17, 15) is 4.79 Å². The lowest BCUT2D eigenvalue weighted by atomic mass is 10.0. The van der Waals surface area contributed by atoms with Gasteiger partial charge in [0.2, 0.25) is 0 Å². The molecule has 3 nitrogen and oxygen atoms in total. The Labute approximate surface area is 133 Å². The van der Waals surface area contributed by atoms with Crippen molar-refractivity contribution in [2.45, 2.75) is 27.2 Å². The molecule has 0 aliphatic carbocycles. The van der Waals surface area contributed by atoms with Crippen molar-refractivity contribution in [3.63, 3.8) is 0 Å².